The summed E-state index contributed by atoms with van der Waals surface area (Å²) in [4.78, 5) is 32.9. The first-order valence-electron chi connectivity index (χ1n) is 5.37. The summed E-state index contributed by atoms with van der Waals surface area (Å²) in [5.74, 6) is 0.169. The molecule has 1 unspecified atom stereocenters. The Kier molecular flexibility index (Phi) is 12.3. The molecule has 6 nitrogen and oxygen atoms in total. The van der Waals surface area contributed by atoms with Crippen molar-refractivity contribution in [2.45, 2.75) is 26.3 Å². The Balaban J connectivity index is 0. The van der Waals surface area contributed by atoms with Gasteiger partial charge in [-0.2, -0.15) is 0 Å². The quantitative estimate of drug-likeness (QED) is 0.558. The average molecular weight is 298 g/mol. The van der Waals surface area contributed by atoms with Crippen molar-refractivity contribution in [2.75, 3.05) is 18.8 Å². The van der Waals surface area contributed by atoms with Gasteiger partial charge in [0, 0.05) is 32.2 Å². The van der Waals surface area contributed by atoms with Crippen LogP contribution in [0.25, 0.3) is 0 Å². The third kappa shape index (κ3) is 11.7. The molecule has 0 aliphatic heterocycles. The molecule has 0 spiro atoms. The highest BCUT2D eigenvalue weighted by Crippen LogP contribution is 2.03. The van der Waals surface area contributed by atoms with Crippen LogP contribution in [0.4, 0.5) is 0 Å². The average Bonchev–Trinajstić information content (AvgIpc) is 2.23. The molecule has 4 N–H and O–H groups in total. The summed E-state index contributed by atoms with van der Waals surface area (Å²) >= 11 is 1.14. The smallest absolute Gasteiger partial charge is 0.236 e. The Hall–Kier alpha value is -0.790. The van der Waals surface area contributed by atoms with Gasteiger partial charge in [-0.3, -0.25) is 14.4 Å². The number of rotatable bonds is 7. The van der Waals surface area contributed by atoms with E-state index in [2.05, 4.69) is 10.6 Å². The molecule has 18 heavy (non-hydrogen) atoms. The normalized spacial score (nSPS) is 11.1. The molecule has 0 aromatic heterocycles. The number of nitrogens with two attached hydrogens (primary N) is 1. The fourth-order valence-electron chi connectivity index (χ4n) is 0.913. The summed E-state index contributed by atoms with van der Waals surface area (Å²) in [6, 6.07) is -0.558. The number of halogens is 1. The maximum Gasteiger partial charge on any atom is 0.236 e. The van der Waals surface area contributed by atoms with E-state index in [9.17, 15) is 14.4 Å². The van der Waals surface area contributed by atoms with Gasteiger partial charge in [0.1, 0.15) is 0 Å². The lowest BCUT2D eigenvalue weighted by molar-refractivity contribution is -0.122. The highest BCUT2D eigenvalue weighted by molar-refractivity contribution is 8.13. The van der Waals surface area contributed by atoms with Crippen LogP contribution in [0.15, 0.2) is 0 Å². The molecule has 1 atom stereocenters. The second-order valence-corrected chi connectivity index (χ2v) is 4.69. The second kappa shape index (κ2) is 11.3. The fraction of sp³-hybridized carbons (Fsp3) is 0.700. The van der Waals surface area contributed by atoms with Crippen molar-refractivity contribution in [3.05, 3.63) is 0 Å². The molecule has 0 saturated carbocycles. The predicted molar refractivity (Wildman–Crippen MR) is 74.7 cm³/mol. The maximum absolute atomic E-state index is 11.3. The van der Waals surface area contributed by atoms with E-state index in [-0.39, 0.29) is 35.8 Å². The molecule has 2 amide bonds. The standard InChI is InChI=1S/C10H19N3O3S.ClH/c1-7(11)10(16)13-4-3-9(15)17-6-5-12-8(2)14;/h7H,3-6,11H2,1-2H3,(H,12,14)(H,13,16);1H. The summed E-state index contributed by atoms with van der Waals surface area (Å²) < 4.78 is 0. The molecule has 0 aliphatic rings. The SMILES string of the molecule is CC(=O)NCCSC(=O)CCNC(=O)C(C)N.Cl. The van der Waals surface area contributed by atoms with E-state index in [1.54, 1.807) is 6.92 Å². The van der Waals surface area contributed by atoms with E-state index >= 15 is 0 Å². The molecule has 0 rings (SSSR count). The summed E-state index contributed by atoms with van der Waals surface area (Å²) in [5, 5.41) is 5.13. The number of carbonyl (C=O) groups is 3. The van der Waals surface area contributed by atoms with Crippen LogP contribution in [0.3, 0.4) is 0 Å². The Morgan fingerprint density at radius 1 is 1.22 bits per heavy atom. The van der Waals surface area contributed by atoms with Gasteiger partial charge in [0.25, 0.3) is 0 Å². The van der Waals surface area contributed by atoms with Crippen LogP contribution in [0, 0.1) is 0 Å². The third-order valence-corrected chi connectivity index (χ3v) is 2.72. The van der Waals surface area contributed by atoms with Crippen LogP contribution in [-0.4, -0.2) is 41.8 Å². The van der Waals surface area contributed by atoms with E-state index in [0.717, 1.165) is 11.8 Å². The number of hydrogen-bond acceptors (Lipinski definition) is 5. The molecule has 0 aliphatic carbocycles. The molecule has 0 bridgehead atoms. The van der Waals surface area contributed by atoms with E-state index in [0.29, 0.717) is 18.8 Å². The second-order valence-electron chi connectivity index (χ2n) is 3.53. The van der Waals surface area contributed by atoms with Crippen LogP contribution < -0.4 is 16.4 Å². The van der Waals surface area contributed by atoms with Crippen molar-refractivity contribution < 1.29 is 14.4 Å². The first-order chi connectivity index (χ1) is 7.93. The van der Waals surface area contributed by atoms with Crippen molar-refractivity contribution in [2.24, 2.45) is 5.73 Å². The van der Waals surface area contributed by atoms with Crippen molar-refractivity contribution in [3.63, 3.8) is 0 Å². The number of hydrogen-bond donors (Lipinski definition) is 3. The summed E-state index contributed by atoms with van der Waals surface area (Å²) in [7, 11) is 0. The minimum atomic E-state index is -0.558. The lowest BCUT2D eigenvalue weighted by atomic mass is 10.3. The number of carbonyl (C=O) groups excluding carboxylic acids is 3. The van der Waals surface area contributed by atoms with Gasteiger partial charge in [-0.15, -0.1) is 12.4 Å². The van der Waals surface area contributed by atoms with Gasteiger partial charge in [0.15, 0.2) is 5.12 Å². The minimum absolute atomic E-state index is 0. The zero-order chi connectivity index (χ0) is 13.3. The topological polar surface area (TPSA) is 101 Å². The molecule has 0 fully saturated rings. The lowest BCUT2D eigenvalue weighted by Crippen LogP contribution is -2.39. The molecule has 0 radical (unpaired) electrons. The van der Waals surface area contributed by atoms with E-state index in [1.165, 1.54) is 6.92 Å². The van der Waals surface area contributed by atoms with Gasteiger partial charge >= 0.3 is 0 Å². The fourth-order valence-corrected chi connectivity index (χ4v) is 1.59. The molecule has 106 valence electrons. The molecular formula is C10H20ClN3O3S. The third-order valence-electron chi connectivity index (χ3n) is 1.78. The van der Waals surface area contributed by atoms with Gasteiger partial charge in [-0.25, -0.2) is 0 Å². The first-order valence-corrected chi connectivity index (χ1v) is 6.35. The van der Waals surface area contributed by atoms with E-state index in [4.69, 9.17) is 5.73 Å². The Labute approximate surface area is 117 Å². The zero-order valence-electron chi connectivity index (χ0n) is 10.5. The van der Waals surface area contributed by atoms with Crippen molar-refractivity contribution in [1.29, 1.82) is 0 Å². The Morgan fingerprint density at radius 2 is 1.83 bits per heavy atom. The van der Waals surface area contributed by atoms with Crippen LogP contribution in [0.1, 0.15) is 20.3 Å². The van der Waals surface area contributed by atoms with Crippen molar-refractivity contribution in [1.82, 2.24) is 10.6 Å². The highest BCUT2D eigenvalue weighted by atomic mass is 35.5. The van der Waals surface area contributed by atoms with Crippen molar-refractivity contribution in [3.8, 4) is 0 Å². The molecule has 0 heterocycles. The number of thioether (sulfide) groups is 1. The van der Waals surface area contributed by atoms with Crippen molar-refractivity contribution >= 4 is 41.1 Å². The lowest BCUT2D eigenvalue weighted by Gasteiger charge is -2.06. The monoisotopic (exact) mass is 297 g/mol. The molecular weight excluding hydrogens is 278 g/mol. The van der Waals surface area contributed by atoms with E-state index < -0.39 is 6.04 Å². The van der Waals surface area contributed by atoms with Crippen LogP contribution in [0.5, 0.6) is 0 Å². The summed E-state index contributed by atoms with van der Waals surface area (Å²) in [6.45, 7) is 3.78. The maximum atomic E-state index is 11.3. The van der Waals surface area contributed by atoms with Crippen LogP contribution in [-0.2, 0) is 14.4 Å². The Bertz CT molecular complexity index is 288. The Morgan fingerprint density at radius 3 is 2.33 bits per heavy atom. The highest BCUT2D eigenvalue weighted by Gasteiger charge is 2.07. The minimum Gasteiger partial charge on any atom is -0.356 e. The molecule has 8 heteroatoms. The van der Waals surface area contributed by atoms with Gasteiger partial charge in [0.2, 0.25) is 11.8 Å². The van der Waals surface area contributed by atoms with Crippen LogP contribution in [0.2, 0.25) is 0 Å². The molecule has 0 saturated heterocycles. The van der Waals surface area contributed by atoms with Gasteiger partial charge in [-0.1, -0.05) is 11.8 Å². The number of amides is 2. The largest absolute Gasteiger partial charge is 0.356 e. The summed E-state index contributed by atoms with van der Waals surface area (Å²) in [5.41, 5.74) is 5.34. The molecule has 0 aromatic carbocycles. The first kappa shape index (κ1) is 19.5. The molecule has 0 aromatic rings. The van der Waals surface area contributed by atoms with Gasteiger partial charge in [0.05, 0.1) is 6.04 Å². The van der Waals surface area contributed by atoms with Crippen LogP contribution >= 0.6 is 24.2 Å². The van der Waals surface area contributed by atoms with E-state index in [1.807, 2.05) is 0 Å². The number of nitrogens with one attached hydrogen (secondary N) is 2. The zero-order valence-corrected chi connectivity index (χ0v) is 12.2. The van der Waals surface area contributed by atoms with Gasteiger partial charge in [-0.05, 0) is 6.92 Å². The predicted octanol–water partition coefficient (Wildman–Crippen LogP) is -0.342. The summed E-state index contributed by atoms with van der Waals surface area (Å²) in [6.07, 6.45) is 0.267. The van der Waals surface area contributed by atoms with Gasteiger partial charge < -0.3 is 16.4 Å².